The van der Waals surface area contributed by atoms with Crippen molar-refractivity contribution < 1.29 is 14.3 Å². The second-order valence-electron chi connectivity index (χ2n) is 5.56. The fourth-order valence-corrected chi connectivity index (χ4v) is 2.89. The van der Waals surface area contributed by atoms with E-state index < -0.39 is 0 Å². The van der Waals surface area contributed by atoms with Gasteiger partial charge in [0.05, 0.1) is 19.6 Å². The lowest BCUT2D eigenvalue weighted by Crippen LogP contribution is -2.47. The maximum atomic E-state index is 11.6. The molecule has 1 aliphatic heterocycles. The number of nitrogens with one attached hydrogen (secondary N) is 1. The van der Waals surface area contributed by atoms with E-state index in [0.717, 1.165) is 37.6 Å². The Hall–Kier alpha value is -1.22. The molecule has 25 heavy (non-hydrogen) atoms. The second kappa shape index (κ2) is 11.4. The molecular weight excluding hydrogens is 457 g/mol. The molecule has 2 rings (SSSR count). The van der Waals surface area contributed by atoms with Gasteiger partial charge in [-0.2, -0.15) is 0 Å². The first-order valence-corrected chi connectivity index (χ1v) is 8.43. The normalized spacial score (nSPS) is 15.3. The van der Waals surface area contributed by atoms with Crippen LogP contribution in [-0.2, 0) is 9.53 Å². The number of carbonyl (C=O) groups excluding carboxylic acids is 1. The van der Waals surface area contributed by atoms with Crippen molar-refractivity contribution in [2.75, 3.05) is 40.4 Å². The molecule has 1 aromatic rings. The van der Waals surface area contributed by atoms with E-state index in [1.165, 1.54) is 7.11 Å². The van der Waals surface area contributed by atoms with Gasteiger partial charge in [-0.1, -0.05) is 17.7 Å². The Labute approximate surface area is 170 Å². The number of rotatable bonds is 5. The molecule has 0 amide bonds. The van der Waals surface area contributed by atoms with Gasteiger partial charge in [0.25, 0.3) is 0 Å². The number of likely N-dealkylation sites (tertiary alicyclic amines) is 1. The molecule has 0 spiro atoms. The summed E-state index contributed by atoms with van der Waals surface area (Å²) in [4.78, 5) is 18.0. The number of esters is 1. The number of benzene rings is 1. The monoisotopic (exact) mass is 481 g/mol. The van der Waals surface area contributed by atoms with Crippen molar-refractivity contribution in [3.05, 3.63) is 29.3 Å². The average Bonchev–Trinajstić information content (AvgIpc) is 2.61. The van der Waals surface area contributed by atoms with Gasteiger partial charge in [0, 0.05) is 25.2 Å². The molecule has 1 aromatic carbocycles. The summed E-state index contributed by atoms with van der Waals surface area (Å²) in [5.41, 5.74) is 0. The molecule has 1 aliphatic rings. The number of carbonyl (C=O) groups is 1. The van der Waals surface area contributed by atoms with Crippen LogP contribution in [-0.4, -0.2) is 57.2 Å². The molecule has 0 atom stereocenters. The molecule has 0 bridgehead atoms. The van der Waals surface area contributed by atoms with Gasteiger partial charge in [-0.05, 0) is 31.0 Å². The lowest BCUT2D eigenvalue weighted by Gasteiger charge is -2.33. The molecular formula is C17H25ClIN3O3. The first-order valence-electron chi connectivity index (χ1n) is 8.06. The number of aliphatic imine (C=N–C) groups is 1. The number of hydrogen-bond donors (Lipinski definition) is 1. The van der Waals surface area contributed by atoms with Crippen LogP contribution >= 0.6 is 35.6 Å². The Morgan fingerprint density at radius 3 is 2.72 bits per heavy atom. The number of hydrogen-bond acceptors (Lipinski definition) is 4. The molecule has 8 heteroatoms. The van der Waals surface area contributed by atoms with Gasteiger partial charge < -0.3 is 19.7 Å². The molecule has 0 saturated carbocycles. The predicted octanol–water partition coefficient (Wildman–Crippen LogP) is 2.80. The van der Waals surface area contributed by atoms with Crippen LogP contribution in [0.4, 0.5) is 0 Å². The Morgan fingerprint density at radius 2 is 2.12 bits per heavy atom. The summed E-state index contributed by atoms with van der Waals surface area (Å²) in [7, 11) is 3.20. The third kappa shape index (κ3) is 6.89. The van der Waals surface area contributed by atoms with Crippen molar-refractivity contribution in [3.8, 4) is 5.75 Å². The highest BCUT2D eigenvalue weighted by Gasteiger charge is 2.26. The van der Waals surface area contributed by atoms with Crippen molar-refractivity contribution in [2.45, 2.75) is 12.8 Å². The van der Waals surface area contributed by atoms with E-state index in [9.17, 15) is 4.79 Å². The lowest BCUT2D eigenvalue weighted by molar-refractivity contribution is -0.146. The number of halogens is 2. The van der Waals surface area contributed by atoms with E-state index in [2.05, 4.69) is 15.2 Å². The highest BCUT2D eigenvalue weighted by molar-refractivity contribution is 14.0. The molecule has 1 saturated heterocycles. The zero-order valence-corrected chi connectivity index (χ0v) is 17.6. The zero-order valence-electron chi connectivity index (χ0n) is 14.5. The lowest BCUT2D eigenvalue weighted by atomic mass is 9.97. The van der Waals surface area contributed by atoms with E-state index in [4.69, 9.17) is 21.1 Å². The Morgan fingerprint density at radius 1 is 1.40 bits per heavy atom. The first-order chi connectivity index (χ1) is 11.6. The maximum Gasteiger partial charge on any atom is 0.308 e. The minimum Gasteiger partial charge on any atom is -0.492 e. The van der Waals surface area contributed by atoms with Crippen molar-refractivity contribution in [3.63, 3.8) is 0 Å². The highest BCUT2D eigenvalue weighted by atomic mass is 127. The van der Waals surface area contributed by atoms with Crippen LogP contribution < -0.4 is 10.1 Å². The average molecular weight is 482 g/mol. The van der Waals surface area contributed by atoms with Gasteiger partial charge in [0.1, 0.15) is 12.4 Å². The van der Waals surface area contributed by atoms with E-state index in [1.54, 1.807) is 13.1 Å². The van der Waals surface area contributed by atoms with Crippen molar-refractivity contribution in [1.29, 1.82) is 0 Å². The van der Waals surface area contributed by atoms with E-state index in [-0.39, 0.29) is 35.9 Å². The summed E-state index contributed by atoms with van der Waals surface area (Å²) in [6.07, 6.45) is 1.57. The fourth-order valence-electron chi connectivity index (χ4n) is 2.71. The van der Waals surface area contributed by atoms with E-state index in [0.29, 0.717) is 18.2 Å². The van der Waals surface area contributed by atoms with Crippen LogP contribution in [0, 0.1) is 5.92 Å². The van der Waals surface area contributed by atoms with Gasteiger partial charge in [-0.15, -0.1) is 24.0 Å². The number of ether oxygens (including phenoxy) is 2. The molecule has 0 aromatic heterocycles. The standard InChI is InChI=1S/C17H24ClN3O3.HI/c1-19-17(21-9-6-13(7-10-21)16(22)23-2)20-8-11-24-15-5-3-4-14(18)12-15;/h3-5,12-13H,6-11H2,1-2H3,(H,19,20);1H. The van der Waals surface area contributed by atoms with Gasteiger partial charge in [0.15, 0.2) is 5.96 Å². The number of piperidine rings is 1. The summed E-state index contributed by atoms with van der Waals surface area (Å²) in [5, 5.41) is 3.94. The zero-order chi connectivity index (χ0) is 17.4. The maximum absolute atomic E-state index is 11.6. The number of nitrogens with zero attached hydrogens (tertiary/aromatic N) is 2. The van der Waals surface area contributed by atoms with Gasteiger partial charge in [0.2, 0.25) is 0 Å². The Kier molecular flexibility index (Phi) is 9.96. The first kappa shape index (κ1) is 21.8. The molecule has 6 nitrogen and oxygen atoms in total. The highest BCUT2D eigenvalue weighted by Crippen LogP contribution is 2.18. The van der Waals surface area contributed by atoms with Crippen LogP contribution in [0.2, 0.25) is 5.02 Å². The molecule has 140 valence electrons. The third-order valence-electron chi connectivity index (χ3n) is 3.99. The summed E-state index contributed by atoms with van der Waals surface area (Å²) in [6, 6.07) is 7.33. The van der Waals surface area contributed by atoms with Crippen molar-refractivity contribution >= 4 is 47.5 Å². The molecule has 0 unspecified atom stereocenters. The van der Waals surface area contributed by atoms with Crippen LogP contribution in [0.15, 0.2) is 29.3 Å². The third-order valence-corrected chi connectivity index (χ3v) is 4.23. The largest absolute Gasteiger partial charge is 0.492 e. The van der Waals surface area contributed by atoms with Crippen LogP contribution in [0.5, 0.6) is 5.75 Å². The minimum atomic E-state index is -0.118. The van der Waals surface area contributed by atoms with E-state index in [1.807, 2.05) is 18.2 Å². The van der Waals surface area contributed by atoms with Crippen LogP contribution in [0.1, 0.15) is 12.8 Å². The van der Waals surface area contributed by atoms with Crippen LogP contribution in [0.25, 0.3) is 0 Å². The Bertz CT molecular complexity index is 578. The predicted molar refractivity (Wildman–Crippen MR) is 110 cm³/mol. The van der Waals surface area contributed by atoms with Crippen molar-refractivity contribution in [1.82, 2.24) is 10.2 Å². The topological polar surface area (TPSA) is 63.2 Å². The SMILES string of the molecule is CN=C(NCCOc1cccc(Cl)c1)N1CCC(C(=O)OC)CC1.I. The quantitative estimate of drug-likeness (QED) is 0.230. The summed E-state index contributed by atoms with van der Waals surface area (Å²) in [5.74, 6) is 1.45. The molecule has 1 heterocycles. The molecule has 1 N–H and O–H groups in total. The molecule has 0 radical (unpaired) electrons. The summed E-state index contributed by atoms with van der Waals surface area (Å²) >= 11 is 5.92. The van der Waals surface area contributed by atoms with Gasteiger partial charge in [-0.3, -0.25) is 9.79 Å². The second-order valence-corrected chi connectivity index (χ2v) is 6.00. The molecule has 0 aliphatic carbocycles. The van der Waals surface area contributed by atoms with E-state index >= 15 is 0 Å². The summed E-state index contributed by atoms with van der Waals surface area (Å²) in [6.45, 7) is 2.72. The number of guanidine groups is 1. The smallest absolute Gasteiger partial charge is 0.308 e. The molecule has 1 fully saturated rings. The fraction of sp³-hybridized carbons (Fsp3) is 0.529. The van der Waals surface area contributed by atoms with Gasteiger partial charge in [-0.25, -0.2) is 0 Å². The number of methoxy groups -OCH3 is 1. The van der Waals surface area contributed by atoms with Crippen molar-refractivity contribution in [2.24, 2.45) is 10.9 Å². The minimum absolute atomic E-state index is 0. The summed E-state index contributed by atoms with van der Waals surface area (Å²) < 4.78 is 10.5. The van der Waals surface area contributed by atoms with Gasteiger partial charge >= 0.3 is 5.97 Å². The van der Waals surface area contributed by atoms with Crippen LogP contribution in [0.3, 0.4) is 0 Å². The Balaban J connectivity index is 0.00000312.